The zero-order valence-electron chi connectivity index (χ0n) is 8.65. The first-order valence-electron chi connectivity index (χ1n) is 5.30. The van der Waals surface area contributed by atoms with Crippen LogP contribution < -0.4 is 5.32 Å². The second-order valence-corrected chi connectivity index (χ2v) is 4.10. The summed E-state index contributed by atoms with van der Waals surface area (Å²) in [6.07, 6.45) is 6.09. The van der Waals surface area contributed by atoms with Crippen molar-refractivity contribution in [1.29, 1.82) is 0 Å². The van der Waals surface area contributed by atoms with Crippen molar-refractivity contribution in [1.82, 2.24) is 9.88 Å². The predicted octanol–water partition coefficient (Wildman–Crippen LogP) is 0.507. The fourth-order valence-corrected chi connectivity index (χ4v) is 1.48. The van der Waals surface area contributed by atoms with Crippen LogP contribution >= 0.6 is 0 Å². The van der Waals surface area contributed by atoms with Crippen molar-refractivity contribution < 1.29 is 9.90 Å². The summed E-state index contributed by atoms with van der Waals surface area (Å²) in [5.41, 5.74) is 0.838. The second kappa shape index (κ2) is 4.49. The summed E-state index contributed by atoms with van der Waals surface area (Å²) < 4.78 is 1.79. The van der Waals surface area contributed by atoms with Crippen LogP contribution in [0.2, 0.25) is 0 Å². The number of aliphatic hydroxyl groups is 1. The standard InChI is InChI=1S/C11H16N2O2/c14-8-10-3-4-13(6-10)7-11(15)12-5-9-1-2-9/h3-4,6,9,14H,1-2,5,7-8H2,(H,12,15). The molecule has 1 fully saturated rings. The average Bonchev–Trinajstić information content (AvgIpc) is 2.96. The first-order valence-corrected chi connectivity index (χ1v) is 5.30. The van der Waals surface area contributed by atoms with Gasteiger partial charge in [0, 0.05) is 18.9 Å². The first-order chi connectivity index (χ1) is 7.28. The molecule has 1 aromatic heterocycles. The molecular weight excluding hydrogens is 192 g/mol. The van der Waals surface area contributed by atoms with Gasteiger partial charge in [-0.2, -0.15) is 0 Å². The van der Waals surface area contributed by atoms with Crippen LogP contribution in [0.1, 0.15) is 18.4 Å². The lowest BCUT2D eigenvalue weighted by atomic mass is 10.4. The molecule has 0 spiro atoms. The fourth-order valence-electron chi connectivity index (χ4n) is 1.48. The molecule has 0 atom stereocenters. The van der Waals surface area contributed by atoms with Crippen LogP contribution in [0, 0.1) is 5.92 Å². The Bertz CT molecular complexity index is 342. The highest BCUT2D eigenvalue weighted by Crippen LogP contribution is 2.27. The van der Waals surface area contributed by atoms with Gasteiger partial charge in [-0.05, 0) is 30.4 Å². The Hall–Kier alpha value is -1.29. The highest BCUT2D eigenvalue weighted by Gasteiger charge is 2.21. The van der Waals surface area contributed by atoms with E-state index in [1.807, 2.05) is 12.3 Å². The SMILES string of the molecule is O=C(Cn1ccc(CO)c1)NCC1CC1. The van der Waals surface area contributed by atoms with E-state index in [9.17, 15) is 4.79 Å². The molecule has 1 aliphatic rings. The summed E-state index contributed by atoms with van der Waals surface area (Å²) in [6.45, 7) is 1.18. The Labute approximate surface area is 88.9 Å². The van der Waals surface area contributed by atoms with Crippen LogP contribution in [0.25, 0.3) is 0 Å². The van der Waals surface area contributed by atoms with Gasteiger partial charge in [0.05, 0.1) is 6.61 Å². The summed E-state index contributed by atoms with van der Waals surface area (Å²) in [4.78, 5) is 11.4. The Morgan fingerprint density at radius 1 is 1.60 bits per heavy atom. The van der Waals surface area contributed by atoms with Gasteiger partial charge in [0.2, 0.25) is 5.91 Å². The monoisotopic (exact) mass is 208 g/mol. The number of carbonyl (C=O) groups excluding carboxylic acids is 1. The van der Waals surface area contributed by atoms with Crippen LogP contribution in [0.5, 0.6) is 0 Å². The predicted molar refractivity (Wildman–Crippen MR) is 56.1 cm³/mol. The lowest BCUT2D eigenvalue weighted by molar-refractivity contribution is -0.121. The van der Waals surface area contributed by atoms with Crippen LogP contribution in [-0.4, -0.2) is 22.1 Å². The van der Waals surface area contributed by atoms with E-state index in [1.54, 1.807) is 10.8 Å². The van der Waals surface area contributed by atoms with Crippen molar-refractivity contribution in [2.24, 2.45) is 5.92 Å². The van der Waals surface area contributed by atoms with Gasteiger partial charge in [-0.3, -0.25) is 4.79 Å². The molecule has 1 saturated carbocycles. The zero-order valence-corrected chi connectivity index (χ0v) is 8.65. The molecule has 4 heteroatoms. The Balaban J connectivity index is 1.76. The molecule has 15 heavy (non-hydrogen) atoms. The highest BCUT2D eigenvalue weighted by molar-refractivity contribution is 5.75. The van der Waals surface area contributed by atoms with E-state index in [0.717, 1.165) is 12.1 Å². The Kier molecular flexibility index (Phi) is 3.06. The maximum Gasteiger partial charge on any atom is 0.239 e. The average molecular weight is 208 g/mol. The molecule has 2 rings (SSSR count). The van der Waals surface area contributed by atoms with E-state index >= 15 is 0 Å². The van der Waals surface area contributed by atoms with Crippen LogP contribution in [0.3, 0.4) is 0 Å². The van der Waals surface area contributed by atoms with E-state index in [2.05, 4.69) is 5.32 Å². The second-order valence-electron chi connectivity index (χ2n) is 4.10. The summed E-state index contributed by atoms with van der Waals surface area (Å²) in [7, 11) is 0. The topological polar surface area (TPSA) is 54.3 Å². The molecule has 0 bridgehead atoms. The smallest absolute Gasteiger partial charge is 0.239 e. The maximum absolute atomic E-state index is 11.4. The first kappa shape index (κ1) is 10.2. The molecule has 1 heterocycles. The van der Waals surface area contributed by atoms with Crippen molar-refractivity contribution in [2.75, 3.05) is 6.54 Å². The minimum Gasteiger partial charge on any atom is -0.392 e. The van der Waals surface area contributed by atoms with Gasteiger partial charge in [0.25, 0.3) is 0 Å². The summed E-state index contributed by atoms with van der Waals surface area (Å²) in [5.74, 6) is 0.758. The number of carbonyl (C=O) groups is 1. The molecular formula is C11H16N2O2. The van der Waals surface area contributed by atoms with Crippen molar-refractivity contribution in [3.8, 4) is 0 Å². The molecule has 82 valence electrons. The number of nitrogens with one attached hydrogen (secondary N) is 1. The third kappa shape index (κ3) is 3.09. The molecule has 0 radical (unpaired) electrons. The molecule has 1 aromatic rings. The van der Waals surface area contributed by atoms with Gasteiger partial charge in [-0.1, -0.05) is 0 Å². The number of aromatic nitrogens is 1. The number of hydrogen-bond donors (Lipinski definition) is 2. The molecule has 1 aliphatic carbocycles. The molecule has 2 N–H and O–H groups in total. The molecule has 0 unspecified atom stereocenters. The highest BCUT2D eigenvalue weighted by atomic mass is 16.3. The van der Waals surface area contributed by atoms with Gasteiger partial charge in [-0.15, -0.1) is 0 Å². The zero-order chi connectivity index (χ0) is 10.7. The van der Waals surface area contributed by atoms with Crippen molar-refractivity contribution in [3.63, 3.8) is 0 Å². The number of amides is 1. The quantitative estimate of drug-likeness (QED) is 0.740. The van der Waals surface area contributed by atoms with Gasteiger partial charge >= 0.3 is 0 Å². The number of aliphatic hydroxyl groups excluding tert-OH is 1. The number of rotatable bonds is 5. The van der Waals surface area contributed by atoms with Gasteiger partial charge < -0.3 is 15.0 Å². The molecule has 0 aromatic carbocycles. The minimum absolute atomic E-state index is 0.0245. The lowest BCUT2D eigenvalue weighted by Gasteiger charge is -2.04. The summed E-state index contributed by atoms with van der Waals surface area (Å²) in [6, 6.07) is 1.81. The van der Waals surface area contributed by atoms with Gasteiger partial charge in [-0.25, -0.2) is 0 Å². The number of hydrogen-bond acceptors (Lipinski definition) is 2. The van der Waals surface area contributed by atoms with Gasteiger partial charge in [0.15, 0.2) is 0 Å². The van der Waals surface area contributed by atoms with E-state index in [1.165, 1.54) is 12.8 Å². The van der Waals surface area contributed by atoms with Gasteiger partial charge in [0.1, 0.15) is 6.54 Å². The molecule has 0 aliphatic heterocycles. The van der Waals surface area contributed by atoms with Crippen molar-refractivity contribution in [3.05, 3.63) is 24.0 Å². The molecule has 4 nitrogen and oxygen atoms in total. The van der Waals surface area contributed by atoms with E-state index in [0.29, 0.717) is 12.5 Å². The van der Waals surface area contributed by atoms with Crippen LogP contribution in [0.15, 0.2) is 18.5 Å². The van der Waals surface area contributed by atoms with E-state index < -0.39 is 0 Å². The fraction of sp³-hybridized carbons (Fsp3) is 0.545. The van der Waals surface area contributed by atoms with Crippen LogP contribution in [0.4, 0.5) is 0 Å². The third-order valence-corrected chi connectivity index (χ3v) is 2.61. The summed E-state index contributed by atoms with van der Waals surface area (Å²) >= 11 is 0. The maximum atomic E-state index is 11.4. The van der Waals surface area contributed by atoms with E-state index in [-0.39, 0.29) is 12.5 Å². The minimum atomic E-state index is 0.0245. The molecule has 0 saturated heterocycles. The lowest BCUT2D eigenvalue weighted by Crippen LogP contribution is -2.28. The summed E-state index contributed by atoms with van der Waals surface area (Å²) in [5, 5.41) is 11.8. The molecule has 1 amide bonds. The van der Waals surface area contributed by atoms with Crippen molar-refractivity contribution >= 4 is 5.91 Å². The Morgan fingerprint density at radius 3 is 3.00 bits per heavy atom. The van der Waals surface area contributed by atoms with Crippen LogP contribution in [-0.2, 0) is 17.9 Å². The van der Waals surface area contributed by atoms with Crippen molar-refractivity contribution in [2.45, 2.75) is 26.0 Å². The Morgan fingerprint density at radius 2 is 2.40 bits per heavy atom. The third-order valence-electron chi connectivity index (χ3n) is 2.61. The number of nitrogens with zero attached hydrogens (tertiary/aromatic N) is 1. The normalized spacial score (nSPS) is 15.3. The van der Waals surface area contributed by atoms with E-state index in [4.69, 9.17) is 5.11 Å². The largest absolute Gasteiger partial charge is 0.392 e.